The third-order valence-corrected chi connectivity index (χ3v) is 4.29. The van der Waals surface area contributed by atoms with Gasteiger partial charge in [0.1, 0.15) is 23.2 Å². The van der Waals surface area contributed by atoms with E-state index >= 15 is 0 Å². The fraction of sp³-hybridized carbons (Fsp3) is 0.214. The minimum absolute atomic E-state index is 0.281. The molecule has 0 aliphatic carbocycles. The number of fused-ring (bicyclic) bond motifs is 1. The Kier molecular flexibility index (Phi) is 3.29. The first kappa shape index (κ1) is 13.2. The van der Waals surface area contributed by atoms with Gasteiger partial charge in [-0.15, -0.1) is 11.3 Å². The lowest BCUT2D eigenvalue weighted by atomic mass is 10.1. The SMILES string of the molecule is Cc1nc(C)c(C(NN)c2cc3cc(F)ccc3o2)s1. The van der Waals surface area contributed by atoms with Crippen molar-refractivity contribution in [2.75, 3.05) is 0 Å². The smallest absolute Gasteiger partial charge is 0.134 e. The molecular formula is C14H14FN3OS. The molecule has 104 valence electrons. The summed E-state index contributed by atoms with van der Waals surface area (Å²) in [6.07, 6.45) is 0. The van der Waals surface area contributed by atoms with E-state index in [1.807, 2.05) is 13.8 Å². The molecule has 3 aromatic rings. The Labute approximate surface area is 119 Å². The van der Waals surface area contributed by atoms with Crippen LogP contribution in [0.5, 0.6) is 0 Å². The first-order chi connectivity index (χ1) is 9.58. The van der Waals surface area contributed by atoms with Crippen LogP contribution in [0.1, 0.15) is 27.4 Å². The Hall–Kier alpha value is -1.76. The number of aryl methyl sites for hydroxylation is 2. The van der Waals surface area contributed by atoms with E-state index in [4.69, 9.17) is 10.3 Å². The fourth-order valence-electron chi connectivity index (χ4n) is 2.28. The summed E-state index contributed by atoms with van der Waals surface area (Å²) < 4.78 is 19.0. The lowest BCUT2D eigenvalue weighted by Gasteiger charge is -2.11. The highest BCUT2D eigenvalue weighted by atomic mass is 32.1. The molecule has 0 amide bonds. The van der Waals surface area contributed by atoms with Crippen molar-refractivity contribution in [3.05, 3.63) is 51.4 Å². The number of hydrogen-bond acceptors (Lipinski definition) is 5. The second kappa shape index (κ2) is 4.97. The van der Waals surface area contributed by atoms with Crippen molar-refractivity contribution in [2.45, 2.75) is 19.9 Å². The van der Waals surface area contributed by atoms with Crippen LogP contribution in [-0.2, 0) is 0 Å². The normalized spacial score (nSPS) is 13.0. The van der Waals surface area contributed by atoms with Gasteiger partial charge in [-0.25, -0.2) is 14.8 Å². The van der Waals surface area contributed by atoms with E-state index in [0.29, 0.717) is 11.3 Å². The van der Waals surface area contributed by atoms with Crippen LogP contribution < -0.4 is 11.3 Å². The fourth-order valence-corrected chi connectivity index (χ4v) is 3.28. The van der Waals surface area contributed by atoms with Gasteiger partial charge >= 0.3 is 0 Å². The molecule has 4 nitrogen and oxygen atoms in total. The maximum Gasteiger partial charge on any atom is 0.134 e. The predicted octanol–water partition coefficient (Wildman–Crippen LogP) is 3.20. The highest BCUT2D eigenvalue weighted by Gasteiger charge is 2.22. The van der Waals surface area contributed by atoms with Crippen LogP contribution in [0.15, 0.2) is 28.7 Å². The number of rotatable bonds is 3. The molecule has 0 bridgehead atoms. The molecule has 2 aromatic heterocycles. The molecule has 0 saturated heterocycles. The molecule has 1 atom stereocenters. The van der Waals surface area contributed by atoms with Crippen LogP contribution in [0, 0.1) is 19.7 Å². The van der Waals surface area contributed by atoms with Gasteiger partial charge in [0.2, 0.25) is 0 Å². The Morgan fingerprint density at radius 1 is 1.35 bits per heavy atom. The topological polar surface area (TPSA) is 64.1 Å². The minimum Gasteiger partial charge on any atom is -0.459 e. The van der Waals surface area contributed by atoms with E-state index in [-0.39, 0.29) is 11.9 Å². The zero-order valence-electron chi connectivity index (χ0n) is 11.1. The standard InChI is InChI=1S/C14H14FN3OS/c1-7-14(20-8(2)17-7)13(18-16)12-6-9-5-10(15)3-4-11(9)19-12/h3-6,13,18H,16H2,1-2H3. The van der Waals surface area contributed by atoms with Crippen molar-refractivity contribution in [2.24, 2.45) is 5.84 Å². The molecule has 0 spiro atoms. The molecule has 0 aliphatic heterocycles. The summed E-state index contributed by atoms with van der Waals surface area (Å²) in [7, 11) is 0. The number of nitrogens with one attached hydrogen (secondary N) is 1. The average Bonchev–Trinajstić information content (AvgIpc) is 2.94. The van der Waals surface area contributed by atoms with Crippen LogP contribution in [0.2, 0.25) is 0 Å². The number of nitrogens with zero attached hydrogens (tertiary/aromatic N) is 1. The van der Waals surface area contributed by atoms with Crippen LogP contribution in [0.3, 0.4) is 0 Å². The van der Waals surface area contributed by atoms with Gasteiger partial charge in [0.15, 0.2) is 0 Å². The lowest BCUT2D eigenvalue weighted by Crippen LogP contribution is -2.28. The Morgan fingerprint density at radius 3 is 2.80 bits per heavy atom. The molecule has 0 radical (unpaired) electrons. The summed E-state index contributed by atoms with van der Waals surface area (Å²) in [4.78, 5) is 5.40. The third kappa shape index (κ3) is 2.22. The largest absolute Gasteiger partial charge is 0.459 e. The van der Waals surface area contributed by atoms with Gasteiger partial charge in [0.25, 0.3) is 0 Å². The molecule has 20 heavy (non-hydrogen) atoms. The molecule has 1 aromatic carbocycles. The van der Waals surface area contributed by atoms with Crippen LogP contribution in [0.4, 0.5) is 4.39 Å². The number of thiazole rings is 1. The van der Waals surface area contributed by atoms with Gasteiger partial charge in [0.05, 0.1) is 15.6 Å². The Balaban J connectivity index is 2.09. The molecule has 0 fully saturated rings. The zero-order chi connectivity index (χ0) is 14.3. The van der Waals surface area contributed by atoms with Crippen molar-refractivity contribution in [1.82, 2.24) is 10.4 Å². The number of hydrazine groups is 1. The van der Waals surface area contributed by atoms with Crippen molar-refractivity contribution >= 4 is 22.3 Å². The van der Waals surface area contributed by atoms with E-state index in [2.05, 4.69) is 10.4 Å². The van der Waals surface area contributed by atoms with Gasteiger partial charge in [-0.05, 0) is 38.1 Å². The highest BCUT2D eigenvalue weighted by Crippen LogP contribution is 2.32. The molecular weight excluding hydrogens is 277 g/mol. The van der Waals surface area contributed by atoms with E-state index in [1.54, 1.807) is 23.5 Å². The zero-order valence-corrected chi connectivity index (χ0v) is 11.9. The van der Waals surface area contributed by atoms with Crippen molar-refractivity contribution in [1.29, 1.82) is 0 Å². The third-order valence-electron chi connectivity index (χ3n) is 3.15. The summed E-state index contributed by atoms with van der Waals surface area (Å²) in [6.45, 7) is 3.88. The van der Waals surface area contributed by atoms with Crippen molar-refractivity contribution in [3.63, 3.8) is 0 Å². The van der Waals surface area contributed by atoms with E-state index in [0.717, 1.165) is 21.0 Å². The summed E-state index contributed by atoms with van der Waals surface area (Å²) in [5.74, 6) is 6.03. The summed E-state index contributed by atoms with van der Waals surface area (Å²) >= 11 is 1.57. The van der Waals surface area contributed by atoms with E-state index < -0.39 is 0 Å². The van der Waals surface area contributed by atoms with Gasteiger partial charge in [0, 0.05) is 5.39 Å². The quantitative estimate of drug-likeness (QED) is 0.574. The highest BCUT2D eigenvalue weighted by molar-refractivity contribution is 7.11. The first-order valence-corrected chi connectivity index (χ1v) is 6.99. The van der Waals surface area contributed by atoms with E-state index in [9.17, 15) is 4.39 Å². The predicted molar refractivity (Wildman–Crippen MR) is 76.9 cm³/mol. The Morgan fingerprint density at radius 2 is 2.15 bits per heavy atom. The maximum absolute atomic E-state index is 13.2. The summed E-state index contributed by atoms with van der Waals surface area (Å²) in [6, 6.07) is 5.96. The first-order valence-electron chi connectivity index (χ1n) is 6.17. The van der Waals surface area contributed by atoms with Crippen LogP contribution in [0.25, 0.3) is 11.0 Å². The number of aromatic nitrogens is 1. The second-order valence-corrected chi connectivity index (χ2v) is 5.85. The second-order valence-electron chi connectivity index (χ2n) is 4.61. The van der Waals surface area contributed by atoms with Gasteiger partial charge in [-0.3, -0.25) is 5.84 Å². The number of halogens is 1. The molecule has 1 unspecified atom stereocenters. The number of benzene rings is 1. The van der Waals surface area contributed by atoms with Crippen molar-refractivity contribution in [3.8, 4) is 0 Å². The average molecular weight is 291 g/mol. The summed E-state index contributed by atoms with van der Waals surface area (Å²) in [5.41, 5.74) is 4.31. The van der Waals surface area contributed by atoms with Crippen LogP contribution >= 0.6 is 11.3 Å². The minimum atomic E-state index is -0.285. The number of furan rings is 1. The summed E-state index contributed by atoms with van der Waals surface area (Å²) in [5, 5.41) is 1.69. The van der Waals surface area contributed by atoms with Gasteiger partial charge in [-0.1, -0.05) is 0 Å². The molecule has 0 aliphatic rings. The lowest BCUT2D eigenvalue weighted by molar-refractivity contribution is 0.479. The molecule has 3 N–H and O–H groups in total. The van der Waals surface area contributed by atoms with Crippen LogP contribution in [-0.4, -0.2) is 4.98 Å². The maximum atomic E-state index is 13.2. The van der Waals surface area contributed by atoms with E-state index in [1.165, 1.54) is 12.1 Å². The van der Waals surface area contributed by atoms with Gasteiger partial charge in [-0.2, -0.15) is 0 Å². The Bertz CT molecular complexity index is 765. The monoisotopic (exact) mass is 291 g/mol. The molecule has 0 saturated carbocycles. The molecule has 2 heterocycles. The molecule has 6 heteroatoms. The number of nitrogens with two attached hydrogens (primary N) is 1. The van der Waals surface area contributed by atoms with Gasteiger partial charge < -0.3 is 4.42 Å². The number of hydrogen-bond donors (Lipinski definition) is 2. The van der Waals surface area contributed by atoms with Crippen molar-refractivity contribution < 1.29 is 8.81 Å². The molecule has 3 rings (SSSR count).